The summed E-state index contributed by atoms with van der Waals surface area (Å²) in [4.78, 5) is 0. The van der Waals surface area contributed by atoms with Crippen LogP contribution < -0.4 is 9.47 Å². The molecule has 1 aliphatic rings. The Morgan fingerprint density at radius 3 is 2.68 bits per heavy atom. The van der Waals surface area contributed by atoms with Crippen LogP contribution in [0.5, 0.6) is 11.5 Å². The van der Waals surface area contributed by atoms with Gasteiger partial charge >= 0.3 is 0 Å². The number of rotatable bonds is 4. The van der Waals surface area contributed by atoms with Crippen LogP contribution >= 0.6 is 27.5 Å². The highest BCUT2D eigenvalue weighted by atomic mass is 79.9. The smallest absolute Gasteiger partial charge is 0.166 e. The van der Waals surface area contributed by atoms with Crippen molar-refractivity contribution in [1.29, 1.82) is 0 Å². The molecule has 0 spiro atoms. The van der Waals surface area contributed by atoms with E-state index in [0.29, 0.717) is 13.2 Å². The van der Waals surface area contributed by atoms with Crippen LogP contribution in [0.15, 0.2) is 10.5 Å². The molecule has 0 heterocycles. The van der Waals surface area contributed by atoms with Crippen molar-refractivity contribution in [1.82, 2.24) is 0 Å². The number of hydrogen-bond acceptors (Lipinski definition) is 2. The monoisotopic (exact) mass is 346 g/mol. The van der Waals surface area contributed by atoms with Crippen LogP contribution in [0.1, 0.15) is 49.6 Å². The van der Waals surface area contributed by atoms with Crippen molar-refractivity contribution in [3.8, 4) is 11.5 Å². The molecule has 2 nitrogen and oxygen atoms in total. The van der Waals surface area contributed by atoms with Crippen molar-refractivity contribution >= 4 is 27.5 Å². The van der Waals surface area contributed by atoms with Crippen LogP contribution in [0.2, 0.25) is 0 Å². The Labute approximate surface area is 128 Å². The van der Waals surface area contributed by atoms with E-state index in [-0.39, 0.29) is 5.38 Å². The van der Waals surface area contributed by atoms with E-state index >= 15 is 0 Å². The maximum absolute atomic E-state index is 6.58. The molecule has 0 saturated carbocycles. The summed E-state index contributed by atoms with van der Waals surface area (Å²) < 4.78 is 12.6. The predicted octanol–water partition coefficient (Wildman–Crippen LogP) is 5.25. The van der Waals surface area contributed by atoms with Gasteiger partial charge in [0, 0.05) is 10.0 Å². The van der Waals surface area contributed by atoms with Gasteiger partial charge < -0.3 is 9.47 Å². The van der Waals surface area contributed by atoms with E-state index in [9.17, 15) is 0 Å². The molecule has 0 bridgehead atoms. The number of fused-ring (bicyclic) bond motifs is 1. The molecule has 0 fully saturated rings. The molecule has 4 heteroatoms. The van der Waals surface area contributed by atoms with Crippen LogP contribution in [0.3, 0.4) is 0 Å². The molecule has 0 radical (unpaired) electrons. The summed E-state index contributed by atoms with van der Waals surface area (Å²) in [5, 5.41) is 0.00996. The number of benzene rings is 1. The Morgan fingerprint density at radius 2 is 2.00 bits per heavy atom. The van der Waals surface area contributed by atoms with E-state index < -0.39 is 0 Å². The molecule has 2 rings (SSSR count). The van der Waals surface area contributed by atoms with Gasteiger partial charge in [0.1, 0.15) is 0 Å². The normalized spacial score (nSPS) is 18.6. The number of alkyl halides is 1. The first kappa shape index (κ1) is 15.0. The second-order valence-corrected chi connectivity index (χ2v) is 6.04. The third-order valence-corrected chi connectivity index (χ3v) is 4.52. The Morgan fingerprint density at radius 1 is 1.26 bits per heavy atom. The summed E-state index contributed by atoms with van der Waals surface area (Å²) in [6.45, 7) is 5.22. The molecule has 1 atom stereocenters. The van der Waals surface area contributed by atoms with Gasteiger partial charge in [0.05, 0.1) is 18.6 Å². The summed E-state index contributed by atoms with van der Waals surface area (Å²) in [7, 11) is 0. The van der Waals surface area contributed by atoms with Crippen molar-refractivity contribution in [2.24, 2.45) is 0 Å². The van der Waals surface area contributed by atoms with Gasteiger partial charge in [0.2, 0.25) is 0 Å². The summed E-state index contributed by atoms with van der Waals surface area (Å²) in [5.74, 6) is 1.63. The number of halogens is 2. The minimum absolute atomic E-state index is 0.00996. The SMILES string of the molecule is CCOc1cc(Br)c2c(c1OCC)C(Cl)CCCC2. The first-order chi connectivity index (χ1) is 9.19. The van der Waals surface area contributed by atoms with Gasteiger partial charge in [-0.1, -0.05) is 22.4 Å². The zero-order valence-electron chi connectivity index (χ0n) is 11.5. The minimum atomic E-state index is 0.00996. The van der Waals surface area contributed by atoms with Crippen molar-refractivity contribution in [3.63, 3.8) is 0 Å². The highest BCUT2D eigenvalue weighted by molar-refractivity contribution is 9.10. The Bertz CT molecular complexity index is 448. The van der Waals surface area contributed by atoms with E-state index in [1.807, 2.05) is 19.9 Å². The molecule has 0 saturated heterocycles. The van der Waals surface area contributed by atoms with Crippen LogP contribution in [0, 0.1) is 0 Å². The van der Waals surface area contributed by atoms with E-state index in [1.54, 1.807) is 0 Å². The maximum atomic E-state index is 6.58. The molecule has 1 aromatic rings. The van der Waals surface area contributed by atoms with Crippen molar-refractivity contribution in [2.45, 2.75) is 44.9 Å². The zero-order chi connectivity index (χ0) is 13.8. The molecular weight excluding hydrogens is 328 g/mol. The van der Waals surface area contributed by atoms with Gasteiger partial charge in [-0.15, -0.1) is 11.6 Å². The molecule has 0 aromatic heterocycles. The predicted molar refractivity (Wildman–Crippen MR) is 82.6 cm³/mol. The lowest BCUT2D eigenvalue weighted by Crippen LogP contribution is -2.06. The van der Waals surface area contributed by atoms with Crippen molar-refractivity contribution in [3.05, 3.63) is 21.7 Å². The Balaban J connectivity index is 2.58. The van der Waals surface area contributed by atoms with Gasteiger partial charge in [0.15, 0.2) is 11.5 Å². The average Bonchev–Trinajstić information content (AvgIpc) is 2.57. The van der Waals surface area contributed by atoms with Crippen molar-refractivity contribution in [2.75, 3.05) is 13.2 Å². The van der Waals surface area contributed by atoms with E-state index in [0.717, 1.165) is 40.8 Å². The van der Waals surface area contributed by atoms with Crippen LogP contribution in [-0.2, 0) is 6.42 Å². The van der Waals surface area contributed by atoms with E-state index in [2.05, 4.69) is 15.9 Å². The Hall–Kier alpha value is -0.410. The second kappa shape index (κ2) is 6.85. The van der Waals surface area contributed by atoms with Crippen LogP contribution in [0.25, 0.3) is 0 Å². The third-order valence-electron chi connectivity index (χ3n) is 3.38. The van der Waals surface area contributed by atoms with Crippen LogP contribution in [0.4, 0.5) is 0 Å². The molecule has 0 N–H and O–H groups in total. The summed E-state index contributed by atoms with van der Waals surface area (Å²) in [5.41, 5.74) is 2.41. The molecule has 1 aromatic carbocycles. The fourth-order valence-electron chi connectivity index (χ4n) is 2.58. The highest BCUT2D eigenvalue weighted by Crippen LogP contribution is 2.47. The molecule has 19 heavy (non-hydrogen) atoms. The Kier molecular flexibility index (Phi) is 5.40. The lowest BCUT2D eigenvalue weighted by Gasteiger charge is -2.21. The second-order valence-electron chi connectivity index (χ2n) is 4.66. The largest absolute Gasteiger partial charge is 0.490 e. The van der Waals surface area contributed by atoms with Gasteiger partial charge in [0.25, 0.3) is 0 Å². The molecule has 1 unspecified atom stereocenters. The van der Waals surface area contributed by atoms with E-state index in [4.69, 9.17) is 21.1 Å². The van der Waals surface area contributed by atoms with Gasteiger partial charge in [-0.3, -0.25) is 0 Å². The number of ether oxygens (including phenoxy) is 2. The first-order valence-electron chi connectivity index (χ1n) is 6.93. The standard InChI is InChI=1S/C15H20BrClO2/c1-3-18-13-9-11(16)10-7-5-6-8-12(17)14(10)15(13)19-4-2/h9,12H,3-8H2,1-2H3. The quantitative estimate of drug-likeness (QED) is 0.547. The minimum Gasteiger partial charge on any atom is -0.490 e. The molecule has 0 aliphatic heterocycles. The molecule has 106 valence electrons. The van der Waals surface area contributed by atoms with Crippen LogP contribution in [-0.4, -0.2) is 13.2 Å². The number of hydrogen-bond donors (Lipinski definition) is 0. The summed E-state index contributed by atoms with van der Waals surface area (Å²) in [6.07, 6.45) is 4.38. The fourth-order valence-corrected chi connectivity index (χ4v) is 3.58. The zero-order valence-corrected chi connectivity index (χ0v) is 13.8. The van der Waals surface area contributed by atoms with Gasteiger partial charge in [-0.25, -0.2) is 0 Å². The summed E-state index contributed by atoms with van der Waals surface area (Å²) >= 11 is 10.2. The molecule has 1 aliphatic carbocycles. The van der Waals surface area contributed by atoms with Gasteiger partial charge in [-0.2, -0.15) is 0 Å². The topological polar surface area (TPSA) is 18.5 Å². The average molecular weight is 348 g/mol. The molecule has 0 amide bonds. The fraction of sp³-hybridized carbons (Fsp3) is 0.600. The van der Waals surface area contributed by atoms with E-state index in [1.165, 1.54) is 12.0 Å². The first-order valence-corrected chi connectivity index (χ1v) is 8.16. The molecular formula is C15H20BrClO2. The summed E-state index contributed by atoms with van der Waals surface area (Å²) in [6, 6.07) is 2.02. The lowest BCUT2D eigenvalue weighted by atomic mass is 10.0. The maximum Gasteiger partial charge on any atom is 0.166 e. The lowest BCUT2D eigenvalue weighted by molar-refractivity contribution is 0.284. The van der Waals surface area contributed by atoms with Gasteiger partial charge in [-0.05, 0) is 44.7 Å². The highest BCUT2D eigenvalue weighted by Gasteiger charge is 2.26. The third kappa shape index (κ3) is 3.19. The van der Waals surface area contributed by atoms with Crippen molar-refractivity contribution < 1.29 is 9.47 Å².